The normalized spacial score (nSPS) is 37.5. The summed E-state index contributed by atoms with van der Waals surface area (Å²) in [5.74, 6) is 1.02. The number of hydrogen-bond acceptors (Lipinski definition) is 3. The largest absolute Gasteiger partial charge is 0.466 e. The zero-order chi connectivity index (χ0) is 9.26. The molecule has 1 aliphatic heterocycles. The second kappa shape index (κ2) is 3.66. The number of esters is 1. The van der Waals surface area contributed by atoms with Crippen LogP contribution in [0.25, 0.3) is 0 Å². The molecule has 0 aromatic rings. The van der Waals surface area contributed by atoms with Crippen molar-refractivity contribution in [2.24, 2.45) is 11.8 Å². The Kier molecular flexibility index (Phi) is 2.54. The van der Waals surface area contributed by atoms with Crippen LogP contribution in [0, 0.1) is 11.8 Å². The van der Waals surface area contributed by atoms with Gasteiger partial charge in [-0.3, -0.25) is 4.79 Å². The van der Waals surface area contributed by atoms with Gasteiger partial charge in [0.15, 0.2) is 0 Å². The minimum Gasteiger partial charge on any atom is -0.466 e. The second-order valence-corrected chi connectivity index (χ2v) is 4.09. The van der Waals surface area contributed by atoms with Gasteiger partial charge in [0.2, 0.25) is 0 Å². The molecule has 3 atom stereocenters. The lowest BCUT2D eigenvalue weighted by molar-refractivity contribution is -0.143. The van der Waals surface area contributed by atoms with Crippen molar-refractivity contribution in [1.29, 1.82) is 0 Å². The maximum absolute atomic E-state index is 10.6. The lowest BCUT2D eigenvalue weighted by Gasteiger charge is -2.25. The van der Waals surface area contributed by atoms with E-state index in [9.17, 15) is 4.79 Å². The van der Waals surface area contributed by atoms with E-state index in [0.29, 0.717) is 24.5 Å². The summed E-state index contributed by atoms with van der Waals surface area (Å²) >= 11 is 0. The molecule has 3 nitrogen and oxygen atoms in total. The minimum atomic E-state index is -0.166. The summed E-state index contributed by atoms with van der Waals surface area (Å²) in [5, 5.41) is 0. The third-order valence-electron chi connectivity index (χ3n) is 3.14. The van der Waals surface area contributed by atoms with Crippen molar-refractivity contribution in [2.75, 3.05) is 13.2 Å². The molecule has 0 unspecified atom stereocenters. The zero-order valence-corrected chi connectivity index (χ0v) is 7.99. The van der Waals surface area contributed by atoms with Crippen molar-refractivity contribution in [3.8, 4) is 0 Å². The minimum absolute atomic E-state index is 0.166. The van der Waals surface area contributed by atoms with Gasteiger partial charge < -0.3 is 9.47 Å². The highest BCUT2D eigenvalue weighted by molar-refractivity contribution is 5.65. The van der Waals surface area contributed by atoms with Gasteiger partial charge in [-0.15, -0.1) is 0 Å². The van der Waals surface area contributed by atoms with Crippen LogP contribution in [-0.2, 0) is 14.3 Å². The van der Waals surface area contributed by atoms with Gasteiger partial charge in [-0.1, -0.05) is 0 Å². The molecule has 2 aliphatic rings. The van der Waals surface area contributed by atoms with Crippen LogP contribution in [0.1, 0.15) is 26.2 Å². The fourth-order valence-corrected chi connectivity index (χ4v) is 2.34. The molecule has 1 saturated carbocycles. The van der Waals surface area contributed by atoms with Gasteiger partial charge in [0.25, 0.3) is 0 Å². The summed E-state index contributed by atoms with van der Waals surface area (Å²) in [6.07, 6.45) is 3.97. The van der Waals surface area contributed by atoms with Crippen LogP contribution in [0.2, 0.25) is 0 Å². The molecule has 0 aromatic heterocycles. The van der Waals surface area contributed by atoms with Crippen LogP contribution in [0.4, 0.5) is 0 Å². The van der Waals surface area contributed by atoms with E-state index < -0.39 is 0 Å². The van der Waals surface area contributed by atoms with E-state index in [1.165, 1.54) is 13.3 Å². The molecular formula is C10H16O3. The van der Waals surface area contributed by atoms with Gasteiger partial charge in [0.05, 0.1) is 19.3 Å². The van der Waals surface area contributed by atoms with Gasteiger partial charge >= 0.3 is 5.97 Å². The Hall–Kier alpha value is -0.570. The molecule has 0 amide bonds. The first-order valence-corrected chi connectivity index (χ1v) is 5.00. The molecule has 74 valence electrons. The van der Waals surface area contributed by atoms with Crippen molar-refractivity contribution in [3.63, 3.8) is 0 Å². The van der Waals surface area contributed by atoms with Crippen molar-refractivity contribution in [3.05, 3.63) is 0 Å². The summed E-state index contributed by atoms with van der Waals surface area (Å²) in [7, 11) is 0. The standard InChI is InChI=1S/C10H16O3/c1-7(11)12-5-8-2-3-10-4-9(8)6-13-10/h8-10H,2-6H2,1H3/t8-,9+,10-/m0/s1. The molecule has 1 heterocycles. The molecule has 1 aliphatic carbocycles. The van der Waals surface area contributed by atoms with E-state index in [2.05, 4.69) is 0 Å². The number of carbonyl (C=O) groups excluding carboxylic acids is 1. The van der Waals surface area contributed by atoms with Gasteiger partial charge in [0, 0.05) is 6.92 Å². The first-order chi connectivity index (χ1) is 6.25. The van der Waals surface area contributed by atoms with E-state index in [4.69, 9.17) is 9.47 Å². The van der Waals surface area contributed by atoms with Crippen LogP contribution in [0.15, 0.2) is 0 Å². The smallest absolute Gasteiger partial charge is 0.302 e. The van der Waals surface area contributed by atoms with E-state index in [-0.39, 0.29) is 5.97 Å². The molecule has 0 aromatic carbocycles. The maximum atomic E-state index is 10.6. The predicted molar refractivity (Wildman–Crippen MR) is 47.2 cm³/mol. The molecule has 13 heavy (non-hydrogen) atoms. The summed E-state index contributed by atoms with van der Waals surface area (Å²) in [5.41, 5.74) is 0. The molecule has 1 saturated heterocycles. The Morgan fingerprint density at radius 1 is 1.54 bits per heavy atom. The van der Waals surface area contributed by atoms with Gasteiger partial charge in [-0.05, 0) is 31.1 Å². The summed E-state index contributed by atoms with van der Waals surface area (Å²) in [6, 6.07) is 0. The molecule has 3 heteroatoms. The monoisotopic (exact) mass is 184 g/mol. The molecule has 0 spiro atoms. The summed E-state index contributed by atoms with van der Waals surface area (Å²) in [6.45, 7) is 2.93. The number of fused-ring (bicyclic) bond motifs is 2. The Morgan fingerprint density at radius 2 is 2.38 bits per heavy atom. The topological polar surface area (TPSA) is 35.5 Å². The van der Waals surface area contributed by atoms with E-state index in [0.717, 1.165) is 19.4 Å². The van der Waals surface area contributed by atoms with Crippen molar-refractivity contribution in [2.45, 2.75) is 32.3 Å². The third-order valence-corrected chi connectivity index (χ3v) is 3.14. The highest BCUT2D eigenvalue weighted by atomic mass is 16.5. The average molecular weight is 184 g/mol. The number of rotatable bonds is 2. The van der Waals surface area contributed by atoms with Crippen LogP contribution < -0.4 is 0 Å². The van der Waals surface area contributed by atoms with Gasteiger partial charge in [-0.2, -0.15) is 0 Å². The highest BCUT2D eigenvalue weighted by Gasteiger charge is 2.36. The number of ether oxygens (including phenoxy) is 2. The van der Waals surface area contributed by atoms with Crippen molar-refractivity contribution >= 4 is 5.97 Å². The third kappa shape index (κ3) is 2.02. The summed E-state index contributed by atoms with van der Waals surface area (Å²) < 4.78 is 10.6. The predicted octanol–water partition coefficient (Wildman–Crippen LogP) is 1.36. The van der Waals surface area contributed by atoms with Crippen LogP contribution in [0.3, 0.4) is 0 Å². The molecule has 0 radical (unpaired) electrons. The summed E-state index contributed by atoms with van der Waals surface area (Å²) in [4.78, 5) is 10.6. The van der Waals surface area contributed by atoms with Gasteiger partial charge in [0.1, 0.15) is 0 Å². The molecule has 2 fully saturated rings. The zero-order valence-electron chi connectivity index (χ0n) is 7.99. The lowest BCUT2D eigenvalue weighted by atomic mass is 9.81. The van der Waals surface area contributed by atoms with Crippen LogP contribution in [0.5, 0.6) is 0 Å². The quantitative estimate of drug-likeness (QED) is 0.608. The SMILES string of the molecule is CC(=O)OC[C@@H]1CC[C@H]2C[C@@H]1CO2. The molecule has 2 rings (SSSR count). The van der Waals surface area contributed by atoms with Gasteiger partial charge in [-0.25, -0.2) is 0 Å². The maximum Gasteiger partial charge on any atom is 0.302 e. The van der Waals surface area contributed by atoms with E-state index in [1.54, 1.807) is 0 Å². The Balaban J connectivity index is 1.82. The van der Waals surface area contributed by atoms with Crippen molar-refractivity contribution in [1.82, 2.24) is 0 Å². The Bertz CT molecular complexity index is 202. The fraction of sp³-hybridized carbons (Fsp3) is 0.900. The van der Waals surface area contributed by atoms with Crippen molar-refractivity contribution < 1.29 is 14.3 Å². The first kappa shape index (κ1) is 9.00. The number of hydrogen-bond donors (Lipinski definition) is 0. The average Bonchev–Trinajstić information content (AvgIpc) is 2.47. The Labute approximate surface area is 78.4 Å². The first-order valence-electron chi connectivity index (χ1n) is 5.00. The molecule has 2 bridgehead atoms. The van der Waals surface area contributed by atoms with Crippen LogP contribution in [-0.4, -0.2) is 25.3 Å². The molecular weight excluding hydrogens is 168 g/mol. The lowest BCUT2D eigenvalue weighted by Crippen LogP contribution is -2.26. The van der Waals surface area contributed by atoms with E-state index >= 15 is 0 Å². The second-order valence-electron chi connectivity index (χ2n) is 4.09. The van der Waals surface area contributed by atoms with Crippen LogP contribution >= 0.6 is 0 Å². The Morgan fingerprint density at radius 3 is 3.15 bits per heavy atom. The molecule has 0 N–H and O–H groups in total. The number of carbonyl (C=O) groups is 1. The van der Waals surface area contributed by atoms with E-state index in [1.807, 2.05) is 0 Å². The fourth-order valence-electron chi connectivity index (χ4n) is 2.34. The highest BCUT2D eigenvalue weighted by Crippen LogP contribution is 2.37.